The Balaban J connectivity index is 1.59. The highest BCUT2D eigenvalue weighted by molar-refractivity contribution is 7.89. The number of fused-ring (bicyclic) bond motifs is 1. The minimum absolute atomic E-state index is 0.0179. The first kappa shape index (κ1) is 27.8. The minimum Gasteiger partial charge on any atom is -0.477 e. The zero-order valence-corrected chi connectivity index (χ0v) is 23.7. The van der Waals surface area contributed by atoms with Crippen LogP contribution in [-0.2, 0) is 23.0 Å². The molecule has 0 atom stereocenters. The van der Waals surface area contributed by atoms with Crippen molar-refractivity contribution in [2.24, 2.45) is 0 Å². The number of likely N-dealkylation sites (N-methyl/N-ethyl adjacent to an activating group) is 1. The van der Waals surface area contributed by atoms with E-state index in [9.17, 15) is 13.2 Å². The molecule has 212 valence electrons. The molecule has 14 heteroatoms. The summed E-state index contributed by atoms with van der Waals surface area (Å²) in [5.41, 5.74) is 1.22. The molecule has 1 N–H and O–H groups in total. The maximum atomic E-state index is 13.5. The Morgan fingerprint density at radius 3 is 2.45 bits per heavy atom. The summed E-state index contributed by atoms with van der Waals surface area (Å²) < 4.78 is 36.0. The predicted molar refractivity (Wildman–Crippen MR) is 149 cm³/mol. The Labute approximate surface area is 232 Å². The van der Waals surface area contributed by atoms with Crippen LogP contribution in [0.25, 0.3) is 22.4 Å². The van der Waals surface area contributed by atoms with Gasteiger partial charge in [0.25, 0.3) is 5.56 Å². The Bertz CT molecular complexity index is 1650. The van der Waals surface area contributed by atoms with Gasteiger partial charge in [0.1, 0.15) is 28.6 Å². The van der Waals surface area contributed by atoms with E-state index in [2.05, 4.69) is 36.9 Å². The predicted octanol–water partition coefficient (Wildman–Crippen LogP) is 1.70. The van der Waals surface area contributed by atoms with E-state index in [1.54, 1.807) is 30.1 Å². The molecular formula is C26H33N9O4S. The lowest BCUT2D eigenvalue weighted by Crippen LogP contribution is -2.48. The highest BCUT2D eigenvalue weighted by atomic mass is 32.2. The molecule has 0 amide bonds. The number of rotatable bonds is 10. The van der Waals surface area contributed by atoms with Gasteiger partial charge in [0, 0.05) is 38.6 Å². The maximum absolute atomic E-state index is 13.5. The topological polar surface area (TPSA) is 152 Å². The summed E-state index contributed by atoms with van der Waals surface area (Å²) >= 11 is 0. The van der Waals surface area contributed by atoms with E-state index in [0.29, 0.717) is 50.5 Å². The van der Waals surface area contributed by atoms with Gasteiger partial charge in [0.2, 0.25) is 15.9 Å². The van der Waals surface area contributed by atoms with Gasteiger partial charge in [-0.15, -0.1) is 0 Å². The Morgan fingerprint density at radius 1 is 1.02 bits per heavy atom. The Morgan fingerprint density at radius 2 is 1.77 bits per heavy atom. The number of hydrogen-bond acceptors (Lipinski definition) is 10. The number of aryl methyl sites for hydroxylation is 1. The van der Waals surface area contributed by atoms with E-state index in [1.165, 1.54) is 16.6 Å². The fourth-order valence-electron chi connectivity index (χ4n) is 4.78. The standard InChI is InChI=1S/C26H33N9O4S/c1-4-8-20-22-23(32-35(20)17-21-27-9-7-10-28-21)25(36)31-24(30-22)19-15-18(16-29-26(19)39-6-3)40(37,38)34-13-11-33(5-2)12-14-34/h7,9-10,15-16H,4-6,8,11-14,17H2,1-3H3,(H,30,31,36). The molecule has 5 heterocycles. The number of pyridine rings is 1. The van der Waals surface area contributed by atoms with Crippen molar-refractivity contribution in [1.82, 2.24) is 43.9 Å². The van der Waals surface area contributed by atoms with E-state index >= 15 is 0 Å². The average Bonchev–Trinajstić information content (AvgIpc) is 3.31. The van der Waals surface area contributed by atoms with Crippen molar-refractivity contribution in [3.63, 3.8) is 0 Å². The van der Waals surface area contributed by atoms with Crippen molar-refractivity contribution in [2.75, 3.05) is 39.3 Å². The zero-order chi connectivity index (χ0) is 28.3. The number of H-pyrrole nitrogens is 1. The monoisotopic (exact) mass is 567 g/mol. The third kappa shape index (κ3) is 5.46. The van der Waals surface area contributed by atoms with E-state index in [4.69, 9.17) is 9.72 Å². The number of hydrogen-bond donors (Lipinski definition) is 1. The SMILES string of the molecule is CCCc1c2nc(-c3cc(S(=O)(=O)N4CCN(CC)CC4)cnc3OCC)[nH]c(=O)c2nn1Cc1ncccn1. The van der Waals surface area contributed by atoms with Crippen molar-refractivity contribution < 1.29 is 13.2 Å². The van der Waals surface area contributed by atoms with Crippen molar-refractivity contribution in [3.05, 3.63) is 52.6 Å². The maximum Gasteiger partial charge on any atom is 0.279 e. The van der Waals surface area contributed by atoms with Crippen LogP contribution in [0.2, 0.25) is 0 Å². The molecule has 0 aliphatic carbocycles. The molecule has 0 spiro atoms. The number of aromatic nitrogens is 7. The Hall–Kier alpha value is -3.75. The highest BCUT2D eigenvalue weighted by Crippen LogP contribution is 2.30. The molecule has 40 heavy (non-hydrogen) atoms. The quantitative estimate of drug-likeness (QED) is 0.300. The number of nitrogens with one attached hydrogen (secondary N) is 1. The van der Waals surface area contributed by atoms with Crippen LogP contribution < -0.4 is 10.3 Å². The molecule has 0 aromatic carbocycles. The molecule has 1 fully saturated rings. The number of aromatic amines is 1. The van der Waals surface area contributed by atoms with Gasteiger partial charge < -0.3 is 14.6 Å². The second kappa shape index (κ2) is 11.8. The summed E-state index contributed by atoms with van der Waals surface area (Å²) in [6, 6.07) is 3.21. The zero-order valence-electron chi connectivity index (χ0n) is 22.9. The normalized spacial score (nSPS) is 15.1. The molecule has 1 saturated heterocycles. The van der Waals surface area contributed by atoms with E-state index < -0.39 is 15.6 Å². The summed E-state index contributed by atoms with van der Waals surface area (Å²) in [5, 5.41) is 4.53. The molecule has 0 bridgehead atoms. The van der Waals surface area contributed by atoms with Gasteiger partial charge >= 0.3 is 0 Å². The third-order valence-corrected chi connectivity index (χ3v) is 8.74. The van der Waals surface area contributed by atoms with Crippen LogP contribution in [0.15, 0.2) is 40.4 Å². The first-order valence-electron chi connectivity index (χ1n) is 13.5. The smallest absolute Gasteiger partial charge is 0.279 e. The summed E-state index contributed by atoms with van der Waals surface area (Å²) in [7, 11) is -3.82. The minimum atomic E-state index is -3.82. The first-order chi connectivity index (χ1) is 19.3. The molecular weight excluding hydrogens is 534 g/mol. The second-order valence-electron chi connectivity index (χ2n) is 9.43. The number of piperazine rings is 1. The molecule has 5 rings (SSSR count). The number of nitrogens with zero attached hydrogens (tertiary/aromatic N) is 8. The highest BCUT2D eigenvalue weighted by Gasteiger charge is 2.30. The third-order valence-electron chi connectivity index (χ3n) is 6.88. The van der Waals surface area contributed by atoms with Crippen LogP contribution in [0.5, 0.6) is 5.88 Å². The largest absolute Gasteiger partial charge is 0.477 e. The summed E-state index contributed by atoms with van der Waals surface area (Å²) in [6.07, 6.45) is 6.02. The van der Waals surface area contributed by atoms with Crippen LogP contribution in [0.1, 0.15) is 38.7 Å². The lowest BCUT2D eigenvalue weighted by molar-refractivity contribution is 0.196. The van der Waals surface area contributed by atoms with Crippen LogP contribution in [-0.4, -0.2) is 91.7 Å². The van der Waals surface area contributed by atoms with Crippen LogP contribution >= 0.6 is 0 Å². The molecule has 0 radical (unpaired) electrons. The van der Waals surface area contributed by atoms with Crippen molar-refractivity contribution in [2.45, 2.75) is 45.1 Å². The molecule has 4 aromatic rings. The number of sulfonamides is 1. The lowest BCUT2D eigenvalue weighted by Gasteiger charge is -2.33. The number of ether oxygens (including phenoxy) is 1. The van der Waals surface area contributed by atoms with Crippen molar-refractivity contribution in [3.8, 4) is 17.3 Å². The van der Waals surface area contributed by atoms with E-state index in [0.717, 1.165) is 18.7 Å². The van der Waals surface area contributed by atoms with Gasteiger partial charge in [-0.1, -0.05) is 20.3 Å². The molecule has 0 saturated carbocycles. The fourth-order valence-corrected chi connectivity index (χ4v) is 6.18. The van der Waals surface area contributed by atoms with E-state index in [-0.39, 0.29) is 34.2 Å². The summed E-state index contributed by atoms with van der Waals surface area (Å²) in [5.74, 6) is 0.904. The second-order valence-corrected chi connectivity index (χ2v) is 11.4. The Kier molecular flexibility index (Phi) is 8.19. The van der Waals surface area contributed by atoms with Crippen LogP contribution in [0.4, 0.5) is 0 Å². The summed E-state index contributed by atoms with van der Waals surface area (Å²) in [4.78, 5) is 35.9. The van der Waals surface area contributed by atoms with Gasteiger partial charge in [-0.05, 0) is 32.0 Å². The van der Waals surface area contributed by atoms with Crippen LogP contribution in [0, 0.1) is 0 Å². The van der Waals surface area contributed by atoms with E-state index in [1.807, 2.05) is 6.92 Å². The summed E-state index contributed by atoms with van der Waals surface area (Å²) in [6.45, 7) is 9.46. The van der Waals surface area contributed by atoms with Gasteiger partial charge in [0.05, 0.1) is 24.1 Å². The van der Waals surface area contributed by atoms with Gasteiger partial charge in [-0.25, -0.2) is 28.4 Å². The van der Waals surface area contributed by atoms with Crippen molar-refractivity contribution >= 4 is 21.1 Å². The molecule has 0 unspecified atom stereocenters. The van der Waals surface area contributed by atoms with Crippen molar-refractivity contribution in [1.29, 1.82) is 0 Å². The molecule has 1 aliphatic rings. The van der Waals surface area contributed by atoms with Gasteiger partial charge in [-0.2, -0.15) is 9.40 Å². The lowest BCUT2D eigenvalue weighted by atomic mass is 10.2. The van der Waals surface area contributed by atoms with Gasteiger partial charge in [0.15, 0.2) is 5.52 Å². The molecule has 4 aromatic heterocycles. The van der Waals surface area contributed by atoms with Gasteiger partial charge in [-0.3, -0.25) is 9.48 Å². The van der Waals surface area contributed by atoms with Crippen LogP contribution in [0.3, 0.4) is 0 Å². The molecule has 13 nitrogen and oxygen atoms in total. The fraction of sp³-hybridized carbons (Fsp3) is 0.462. The average molecular weight is 568 g/mol. The first-order valence-corrected chi connectivity index (χ1v) is 14.9. The molecule has 1 aliphatic heterocycles.